The zero-order chi connectivity index (χ0) is 25.2. The third kappa shape index (κ3) is 4.46. The molecule has 4 aromatic rings. The molecule has 1 aliphatic rings. The van der Waals surface area contributed by atoms with Crippen LogP contribution in [0.4, 0.5) is 21.7 Å². The molecule has 11 heteroatoms. The highest BCUT2D eigenvalue weighted by atomic mass is 35.5. The third-order valence-corrected chi connectivity index (χ3v) is 6.40. The fourth-order valence-electron chi connectivity index (χ4n) is 4.37. The van der Waals surface area contributed by atoms with Gasteiger partial charge in [-0.2, -0.15) is 4.98 Å². The van der Waals surface area contributed by atoms with Gasteiger partial charge in [0.1, 0.15) is 12.9 Å². The molecule has 5 rings (SSSR count). The predicted molar refractivity (Wildman–Crippen MR) is 137 cm³/mol. The first kappa shape index (κ1) is 24.0. The first-order chi connectivity index (χ1) is 17.5. The van der Waals surface area contributed by atoms with Crippen LogP contribution in [-0.4, -0.2) is 53.1 Å². The van der Waals surface area contributed by atoms with E-state index in [1.807, 2.05) is 18.2 Å². The Morgan fingerprint density at radius 3 is 2.75 bits per heavy atom. The highest BCUT2D eigenvalue weighted by Gasteiger charge is 2.19. The van der Waals surface area contributed by atoms with Gasteiger partial charge in [0, 0.05) is 60.3 Å². The number of halogens is 2. The second-order valence-electron chi connectivity index (χ2n) is 8.27. The van der Waals surface area contributed by atoms with Crippen molar-refractivity contribution in [3.05, 3.63) is 75.4 Å². The number of hydrogen-bond donors (Lipinski definition) is 3. The zero-order valence-corrected chi connectivity index (χ0v) is 20.2. The summed E-state index contributed by atoms with van der Waals surface area (Å²) in [7, 11) is 1.32. The van der Waals surface area contributed by atoms with Gasteiger partial charge >= 0.3 is 0 Å². The lowest BCUT2D eigenvalue weighted by Crippen LogP contribution is -2.43. The van der Waals surface area contributed by atoms with Crippen LogP contribution in [0, 0.1) is 5.82 Å². The maximum atomic E-state index is 14.5. The Labute approximate surface area is 211 Å². The Morgan fingerprint density at radius 1 is 1.22 bits per heavy atom. The third-order valence-electron chi connectivity index (χ3n) is 6.08. The second kappa shape index (κ2) is 10.1. The summed E-state index contributed by atoms with van der Waals surface area (Å²) in [6.45, 7) is 3.39. The Kier molecular flexibility index (Phi) is 6.73. The van der Waals surface area contributed by atoms with Crippen LogP contribution in [0.15, 0.2) is 53.5 Å². The summed E-state index contributed by atoms with van der Waals surface area (Å²) in [4.78, 5) is 29.5. The van der Waals surface area contributed by atoms with Gasteiger partial charge in [-0.05, 0) is 36.4 Å². The summed E-state index contributed by atoms with van der Waals surface area (Å²) in [5, 5.41) is 17.0. The highest BCUT2D eigenvalue weighted by Crippen LogP contribution is 2.30. The molecule has 0 spiro atoms. The number of nitrogens with zero attached hydrogens (tertiary/aromatic N) is 4. The lowest BCUT2D eigenvalue weighted by molar-refractivity contribution is 0.168. The van der Waals surface area contributed by atoms with Gasteiger partial charge in [-0.25, -0.2) is 9.37 Å². The number of pyridine rings is 1. The molecular weight excluding hydrogens is 487 g/mol. The molecule has 0 atom stereocenters. The molecular formula is C25H24ClFN6O3. The Morgan fingerprint density at radius 2 is 2.03 bits per heavy atom. The molecule has 3 N–H and O–H groups in total. The molecule has 0 aliphatic carbocycles. The number of aliphatic hydroxyl groups is 1. The first-order valence-electron chi connectivity index (χ1n) is 11.4. The fraction of sp³-hybridized carbons (Fsp3) is 0.240. The van der Waals surface area contributed by atoms with Crippen LogP contribution >= 0.6 is 11.6 Å². The van der Waals surface area contributed by atoms with Crippen LogP contribution < -0.4 is 25.9 Å². The predicted octanol–water partition coefficient (Wildman–Crippen LogP) is 2.95. The topological polar surface area (TPSA) is 105 Å². The number of fused-ring (bicyclic) bond motifs is 1. The molecule has 0 saturated carbocycles. The standard InChI is InChI=1S/C25H24ClFN6O3/c1-36-33-23-15(12-18(24(33)35)22-19(26)3-2-4-20(22)27)13-29-25(31-23)30-17-5-6-21(16(11-17)14-34)32-9-7-28-8-10-32/h2-6,11-13,28,34H,7-10,14H2,1H3,(H,29,30,31). The zero-order valence-electron chi connectivity index (χ0n) is 19.5. The molecule has 3 heterocycles. The van der Waals surface area contributed by atoms with E-state index >= 15 is 0 Å². The van der Waals surface area contributed by atoms with Crippen LogP contribution in [0.3, 0.4) is 0 Å². The number of benzene rings is 2. The van der Waals surface area contributed by atoms with Crippen LogP contribution in [0.2, 0.25) is 5.02 Å². The van der Waals surface area contributed by atoms with E-state index in [4.69, 9.17) is 16.4 Å². The maximum Gasteiger partial charge on any atom is 0.293 e. The summed E-state index contributed by atoms with van der Waals surface area (Å²) in [5.74, 6) is -0.395. The number of hydrogen-bond acceptors (Lipinski definition) is 8. The van der Waals surface area contributed by atoms with Crippen molar-refractivity contribution in [1.82, 2.24) is 20.0 Å². The average molecular weight is 511 g/mol. The SMILES string of the molecule is COn1c(=O)c(-c2c(F)cccc2Cl)cc2cnc(Nc3ccc(N4CCNCC4)c(CO)c3)nc21. The van der Waals surface area contributed by atoms with Crippen molar-refractivity contribution in [2.75, 3.05) is 43.5 Å². The van der Waals surface area contributed by atoms with Gasteiger partial charge in [0.15, 0.2) is 5.65 Å². The number of rotatable bonds is 6. The van der Waals surface area contributed by atoms with E-state index in [0.717, 1.165) is 42.2 Å². The summed E-state index contributed by atoms with van der Waals surface area (Å²) < 4.78 is 15.5. The van der Waals surface area contributed by atoms with Crippen LogP contribution in [0.25, 0.3) is 22.2 Å². The molecule has 2 aromatic carbocycles. The van der Waals surface area contributed by atoms with Crippen LogP contribution in [0.1, 0.15) is 5.56 Å². The van der Waals surface area contributed by atoms with E-state index in [1.54, 1.807) is 0 Å². The lowest BCUT2D eigenvalue weighted by Gasteiger charge is -2.31. The number of aliphatic hydroxyl groups excluding tert-OH is 1. The molecule has 0 amide bonds. The van der Waals surface area contributed by atoms with E-state index in [9.17, 15) is 14.3 Å². The molecule has 2 aromatic heterocycles. The van der Waals surface area contributed by atoms with E-state index in [2.05, 4.69) is 25.5 Å². The molecule has 0 unspecified atom stereocenters. The normalized spacial score (nSPS) is 13.7. The van der Waals surface area contributed by atoms with Gasteiger partial charge in [-0.1, -0.05) is 17.7 Å². The number of anilines is 3. The Hall–Kier alpha value is -3.73. The molecule has 1 fully saturated rings. The van der Waals surface area contributed by atoms with Gasteiger partial charge in [-0.15, -0.1) is 4.73 Å². The number of piperazine rings is 1. The molecule has 186 valence electrons. The van der Waals surface area contributed by atoms with Gasteiger partial charge in [0.2, 0.25) is 5.95 Å². The van der Waals surface area contributed by atoms with Gasteiger partial charge in [0.05, 0.1) is 17.2 Å². The second-order valence-corrected chi connectivity index (χ2v) is 8.68. The minimum absolute atomic E-state index is 0.0137. The monoisotopic (exact) mass is 510 g/mol. The van der Waals surface area contributed by atoms with E-state index in [1.165, 1.54) is 37.6 Å². The first-order valence-corrected chi connectivity index (χ1v) is 11.8. The number of aromatic nitrogens is 3. The largest absolute Gasteiger partial charge is 0.412 e. The summed E-state index contributed by atoms with van der Waals surface area (Å²) in [6.07, 6.45) is 1.51. The summed E-state index contributed by atoms with van der Waals surface area (Å²) in [5.41, 5.74) is 2.06. The van der Waals surface area contributed by atoms with Crippen molar-refractivity contribution in [2.45, 2.75) is 6.61 Å². The van der Waals surface area contributed by atoms with Crippen molar-refractivity contribution in [2.24, 2.45) is 0 Å². The fourth-order valence-corrected chi connectivity index (χ4v) is 4.63. The minimum Gasteiger partial charge on any atom is -0.412 e. The van der Waals surface area contributed by atoms with Crippen molar-refractivity contribution in [1.29, 1.82) is 0 Å². The van der Waals surface area contributed by atoms with Gasteiger partial charge in [0.25, 0.3) is 5.56 Å². The summed E-state index contributed by atoms with van der Waals surface area (Å²) in [6, 6.07) is 11.4. The van der Waals surface area contributed by atoms with Crippen LogP contribution in [0.5, 0.6) is 0 Å². The van der Waals surface area contributed by atoms with Gasteiger partial charge in [-0.3, -0.25) is 4.79 Å². The quantitative estimate of drug-likeness (QED) is 0.364. The van der Waals surface area contributed by atoms with Gasteiger partial charge < -0.3 is 25.5 Å². The average Bonchev–Trinajstić information content (AvgIpc) is 2.89. The van der Waals surface area contributed by atoms with Crippen molar-refractivity contribution < 1.29 is 14.3 Å². The van der Waals surface area contributed by atoms with Crippen molar-refractivity contribution >= 4 is 40.0 Å². The molecule has 0 radical (unpaired) electrons. The Bertz CT molecular complexity index is 1470. The number of nitrogens with one attached hydrogen (secondary N) is 2. The van der Waals surface area contributed by atoms with E-state index in [0.29, 0.717) is 11.1 Å². The molecule has 0 bridgehead atoms. The molecule has 36 heavy (non-hydrogen) atoms. The van der Waals surface area contributed by atoms with Crippen LogP contribution in [-0.2, 0) is 6.61 Å². The highest BCUT2D eigenvalue weighted by molar-refractivity contribution is 6.33. The minimum atomic E-state index is -0.621. The molecule has 1 saturated heterocycles. The maximum absolute atomic E-state index is 14.5. The molecule has 1 aliphatic heterocycles. The van der Waals surface area contributed by atoms with E-state index < -0.39 is 11.4 Å². The lowest BCUT2D eigenvalue weighted by atomic mass is 10.1. The van der Waals surface area contributed by atoms with Crippen molar-refractivity contribution in [3.8, 4) is 11.1 Å². The smallest absolute Gasteiger partial charge is 0.293 e. The van der Waals surface area contributed by atoms with Crippen molar-refractivity contribution in [3.63, 3.8) is 0 Å². The summed E-state index contributed by atoms with van der Waals surface area (Å²) >= 11 is 6.19. The van der Waals surface area contributed by atoms with E-state index in [-0.39, 0.29) is 34.4 Å². The Balaban J connectivity index is 1.51. The molecule has 9 nitrogen and oxygen atoms in total.